The number of amides is 1. The van der Waals surface area contributed by atoms with Gasteiger partial charge in [0, 0.05) is 16.7 Å². The first kappa shape index (κ1) is 18.8. The predicted molar refractivity (Wildman–Crippen MR) is 106 cm³/mol. The molecule has 3 aromatic rings. The predicted octanol–water partition coefficient (Wildman–Crippen LogP) is 3.28. The minimum absolute atomic E-state index is 0.0459. The summed E-state index contributed by atoms with van der Waals surface area (Å²) in [6.07, 6.45) is 0. The lowest BCUT2D eigenvalue weighted by atomic mass is 10.0. The molecule has 2 heterocycles. The summed E-state index contributed by atoms with van der Waals surface area (Å²) in [5.74, 6) is -0.0629. The Kier molecular flexibility index (Phi) is 4.77. The molecule has 142 valence electrons. The van der Waals surface area contributed by atoms with Crippen LogP contribution in [0.3, 0.4) is 0 Å². The highest BCUT2D eigenvalue weighted by molar-refractivity contribution is 8.01. The van der Waals surface area contributed by atoms with E-state index in [-0.39, 0.29) is 32.3 Å². The minimum atomic E-state index is -3.90. The fraction of sp³-hybridized carbons (Fsp3) is 0.111. The fourth-order valence-corrected chi connectivity index (χ4v) is 6.16. The number of hydrogen-bond donors (Lipinski definition) is 1. The van der Waals surface area contributed by atoms with E-state index in [9.17, 15) is 18.0 Å². The summed E-state index contributed by atoms with van der Waals surface area (Å²) in [5.41, 5.74) is 0.323. The number of ketones is 1. The van der Waals surface area contributed by atoms with Crippen molar-refractivity contribution in [1.29, 1.82) is 0 Å². The molecule has 0 saturated carbocycles. The van der Waals surface area contributed by atoms with Gasteiger partial charge in [-0.25, -0.2) is 8.42 Å². The average molecular weight is 432 g/mol. The van der Waals surface area contributed by atoms with Crippen molar-refractivity contribution in [3.8, 4) is 0 Å². The van der Waals surface area contributed by atoms with Crippen molar-refractivity contribution in [1.82, 2.24) is 10.2 Å². The van der Waals surface area contributed by atoms with Gasteiger partial charge in [0.1, 0.15) is 0 Å². The highest BCUT2D eigenvalue weighted by atomic mass is 32.2. The van der Waals surface area contributed by atoms with E-state index in [0.29, 0.717) is 5.13 Å². The van der Waals surface area contributed by atoms with Crippen LogP contribution in [0, 0.1) is 0 Å². The Balaban J connectivity index is 1.69. The van der Waals surface area contributed by atoms with Gasteiger partial charge in [-0.1, -0.05) is 42.2 Å². The zero-order valence-corrected chi connectivity index (χ0v) is 17.0. The van der Waals surface area contributed by atoms with Crippen molar-refractivity contribution in [2.24, 2.45) is 0 Å². The second kappa shape index (κ2) is 7.12. The number of fused-ring (bicyclic) bond motifs is 2. The molecule has 0 unspecified atom stereocenters. The summed E-state index contributed by atoms with van der Waals surface area (Å²) in [6, 6.07) is 10.1. The lowest BCUT2D eigenvalue weighted by Gasteiger charge is -2.19. The molecule has 1 aliphatic rings. The van der Waals surface area contributed by atoms with Crippen LogP contribution in [0.5, 0.6) is 0 Å². The molecule has 1 N–H and O–H groups in total. The van der Waals surface area contributed by atoms with Gasteiger partial charge in [0.15, 0.2) is 10.1 Å². The molecule has 7 nitrogen and oxygen atoms in total. The first-order chi connectivity index (χ1) is 13.4. The number of rotatable bonds is 4. The van der Waals surface area contributed by atoms with Crippen molar-refractivity contribution in [2.75, 3.05) is 11.1 Å². The monoisotopic (exact) mass is 431 g/mol. The zero-order chi connectivity index (χ0) is 19.9. The summed E-state index contributed by atoms with van der Waals surface area (Å²) in [6.45, 7) is 1.98. The molecule has 0 fully saturated rings. The van der Waals surface area contributed by atoms with Crippen LogP contribution in [0.1, 0.15) is 33.2 Å². The van der Waals surface area contributed by atoms with Gasteiger partial charge < -0.3 is 0 Å². The smallest absolute Gasteiger partial charge is 0.257 e. The van der Waals surface area contributed by atoms with Gasteiger partial charge >= 0.3 is 0 Å². The Bertz CT molecular complexity index is 1220. The molecule has 0 saturated heterocycles. The van der Waals surface area contributed by atoms with Crippen LogP contribution >= 0.6 is 23.1 Å². The van der Waals surface area contributed by atoms with E-state index >= 15 is 0 Å². The molecular weight excluding hydrogens is 418 g/mol. The molecule has 1 amide bonds. The van der Waals surface area contributed by atoms with E-state index in [1.165, 1.54) is 53.4 Å². The van der Waals surface area contributed by atoms with E-state index in [1.807, 2.05) is 6.92 Å². The molecule has 1 aromatic heterocycles. The van der Waals surface area contributed by atoms with Crippen molar-refractivity contribution in [3.63, 3.8) is 0 Å². The zero-order valence-electron chi connectivity index (χ0n) is 14.5. The number of aromatic nitrogens is 2. The Morgan fingerprint density at radius 1 is 1.11 bits per heavy atom. The maximum Gasteiger partial charge on any atom is 0.257 e. The molecule has 0 bridgehead atoms. The van der Waals surface area contributed by atoms with E-state index in [0.717, 1.165) is 10.1 Å². The Morgan fingerprint density at radius 3 is 2.64 bits per heavy atom. The first-order valence-electron chi connectivity index (χ1n) is 8.22. The standard InChI is InChI=1S/C18H13N3O4S3/c1-2-26-18-21-20-17(27-18)19-16(23)10-7-8-12-14(9-10)28(24,25)13-6-4-3-5-11(13)15(12)22/h3-9H,2H2,1H3,(H,19,20,23). The van der Waals surface area contributed by atoms with Gasteiger partial charge in [0.2, 0.25) is 15.0 Å². The van der Waals surface area contributed by atoms with Crippen LogP contribution in [0.15, 0.2) is 56.6 Å². The van der Waals surface area contributed by atoms with Gasteiger partial charge in [-0.2, -0.15) is 0 Å². The molecule has 2 aromatic carbocycles. The van der Waals surface area contributed by atoms with Crippen LogP contribution in [0.2, 0.25) is 0 Å². The maximum atomic E-state index is 12.9. The number of anilines is 1. The third kappa shape index (κ3) is 3.13. The number of benzene rings is 2. The van der Waals surface area contributed by atoms with Crippen LogP contribution in [-0.2, 0) is 9.84 Å². The van der Waals surface area contributed by atoms with Crippen LogP contribution in [0.4, 0.5) is 5.13 Å². The summed E-state index contributed by atoms with van der Waals surface area (Å²) in [4.78, 5) is 25.0. The molecule has 1 aliphatic heterocycles. The Hall–Kier alpha value is -2.56. The fourth-order valence-electron chi connectivity index (χ4n) is 2.84. The number of nitrogens with one attached hydrogen (secondary N) is 1. The topological polar surface area (TPSA) is 106 Å². The van der Waals surface area contributed by atoms with Crippen LogP contribution < -0.4 is 5.32 Å². The number of carbonyl (C=O) groups is 2. The molecular formula is C18H13N3O4S3. The summed E-state index contributed by atoms with van der Waals surface area (Å²) >= 11 is 2.74. The third-order valence-corrected chi connectivity index (χ3v) is 7.80. The summed E-state index contributed by atoms with van der Waals surface area (Å²) in [7, 11) is -3.90. The minimum Gasteiger partial charge on any atom is -0.296 e. The van der Waals surface area contributed by atoms with E-state index < -0.39 is 15.7 Å². The Morgan fingerprint density at radius 2 is 1.86 bits per heavy atom. The molecule has 0 spiro atoms. The highest BCUT2D eigenvalue weighted by Gasteiger charge is 2.35. The normalized spacial score (nSPS) is 14.2. The Labute approximate surface area is 169 Å². The molecule has 0 aliphatic carbocycles. The number of hydrogen-bond acceptors (Lipinski definition) is 8. The number of thioether (sulfide) groups is 1. The quantitative estimate of drug-likeness (QED) is 0.390. The SMILES string of the molecule is CCSc1nnc(NC(=O)c2ccc3c(c2)S(=O)(=O)c2ccccc2C3=O)s1. The van der Waals surface area contributed by atoms with Gasteiger partial charge in [-0.15, -0.1) is 10.2 Å². The first-order valence-corrected chi connectivity index (χ1v) is 11.5. The van der Waals surface area contributed by atoms with Crippen molar-refractivity contribution in [2.45, 2.75) is 21.1 Å². The highest BCUT2D eigenvalue weighted by Crippen LogP contribution is 2.35. The number of nitrogens with zero attached hydrogens (tertiary/aromatic N) is 2. The molecule has 0 atom stereocenters. The summed E-state index contributed by atoms with van der Waals surface area (Å²) < 4.78 is 26.6. The van der Waals surface area contributed by atoms with Gasteiger partial charge in [0.25, 0.3) is 5.91 Å². The van der Waals surface area contributed by atoms with E-state index in [1.54, 1.807) is 12.1 Å². The van der Waals surface area contributed by atoms with E-state index in [2.05, 4.69) is 15.5 Å². The van der Waals surface area contributed by atoms with Crippen molar-refractivity contribution in [3.05, 3.63) is 59.2 Å². The molecule has 28 heavy (non-hydrogen) atoms. The summed E-state index contributed by atoms with van der Waals surface area (Å²) in [5, 5.41) is 10.8. The maximum absolute atomic E-state index is 12.9. The number of carbonyl (C=O) groups excluding carboxylic acids is 2. The van der Waals surface area contributed by atoms with Crippen molar-refractivity contribution < 1.29 is 18.0 Å². The van der Waals surface area contributed by atoms with E-state index in [4.69, 9.17) is 0 Å². The lowest BCUT2D eigenvalue weighted by molar-refractivity contribution is 0.101. The average Bonchev–Trinajstić information content (AvgIpc) is 3.13. The van der Waals surface area contributed by atoms with Crippen molar-refractivity contribution >= 4 is 49.8 Å². The van der Waals surface area contributed by atoms with Gasteiger partial charge in [0.05, 0.1) is 9.79 Å². The van der Waals surface area contributed by atoms with Crippen LogP contribution in [-0.4, -0.2) is 36.1 Å². The lowest BCUT2D eigenvalue weighted by Crippen LogP contribution is -2.21. The largest absolute Gasteiger partial charge is 0.296 e. The molecule has 10 heteroatoms. The molecule has 0 radical (unpaired) electrons. The van der Waals surface area contributed by atoms with Gasteiger partial charge in [-0.3, -0.25) is 14.9 Å². The van der Waals surface area contributed by atoms with Crippen LogP contribution in [0.25, 0.3) is 0 Å². The van der Waals surface area contributed by atoms with Gasteiger partial charge in [-0.05, 0) is 36.1 Å². The number of sulfone groups is 1. The third-order valence-electron chi connectivity index (χ3n) is 4.09. The molecule has 4 rings (SSSR count). The second-order valence-electron chi connectivity index (χ2n) is 5.80. The second-order valence-corrected chi connectivity index (χ2v) is 10.2.